The molecule has 0 bridgehead atoms. The molecule has 9 aromatic rings. The summed E-state index contributed by atoms with van der Waals surface area (Å²) in [5.41, 5.74) is 10.2. The van der Waals surface area contributed by atoms with Gasteiger partial charge in [0, 0.05) is 15.2 Å². The Balaban J connectivity index is 1.14. The highest BCUT2D eigenvalue weighted by atomic mass is 32.2. The summed E-state index contributed by atoms with van der Waals surface area (Å²) in [6.45, 7) is 0. The van der Waals surface area contributed by atoms with Gasteiger partial charge in [0.1, 0.15) is 0 Å². The Labute approximate surface area is 265 Å². The SMILES string of the molecule is c1ccc(-c2ccc3ccc4c(-c5cccc(-c6ccc7c(c6)-c6cccc8cccc(c68)S7)c5)ccc5ccc2c3c54)cc1. The molecule has 45 heavy (non-hydrogen) atoms. The van der Waals surface area contributed by atoms with Gasteiger partial charge in [0.2, 0.25) is 0 Å². The molecule has 1 heteroatoms. The van der Waals surface area contributed by atoms with Crippen molar-refractivity contribution in [2.45, 2.75) is 9.79 Å². The van der Waals surface area contributed by atoms with Crippen LogP contribution in [0.4, 0.5) is 0 Å². The first-order chi connectivity index (χ1) is 22.3. The van der Waals surface area contributed by atoms with Crippen LogP contribution in [-0.2, 0) is 0 Å². The van der Waals surface area contributed by atoms with Crippen LogP contribution in [0.1, 0.15) is 0 Å². The predicted octanol–water partition coefficient (Wildman–Crippen LogP) is 12.9. The topological polar surface area (TPSA) is 0 Å². The zero-order valence-electron chi connectivity index (χ0n) is 24.4. The van der Waals surface area contributed by atoms with Crippen LogP contribution < -0.4 is 0 Å². The van der Waals surface area contributed by atoms with Gasteiger partial charge in [-0.2, -0.15) is 0 Å². The van der Waals surface area contributed by atoms with Crippen LogP contribution in [0.5, 0.6) is 0 Å². The molecule has 0 aliphatic carbocycles. The van der Waals surface area contributed by atoms with E-state index < -0.39 is 0 Å². The van der Waals surface area contributed by atoms with Crippen LogP contribution in [-0.4, -0.2) is 0 Å². The third kappa shape index (κ3) is 3.75. The van der Waals surface area contributed by atoms with Crippen molar-refractivity contribution < 1.29 is 0 Å². The van der Waals surface area contributed by atoms with E-state index >= 15 is 0 Å². The maximum Gasteiger partial charge on any atom is 0.0207 e. The molecule has 10 rings (SSSR count). The van der Waals surface area contributed by atoms with E-state index in [4.69, 9.17) is 0 Å². The number of fused-ring (bicyclic) bond motifs is 2. The third-order valence-corrected chi connectivity index (χ3v) is 10.7. The second-order valence-electron chi connectivity index (χ2n) is 12.1. The molecule has 9 aromatic carbocycles. The van der Waals surface area contributed by atoms with Crippen molar-refractivity contribution in [2.75, 3.05) is 0 Å². The lowest BCUT2D eigenvalue weighted by molar-refractivity contribution is 1.39. The Morgan fingerprint density at radius 2 is 0.889 bits per heavy atom. The van der Waals surface area contributed by atoms with Gasteiger partial charge in [-0.3, -0.25) is 0 Å². The summed E-state index contributed by atoms with van der Waals surface area (Å²) in [4.78, 5) is 2.66. The quantitative estimate of drug-likeness (QED) is 0.186. The molecule has 0 amide bonds. The fourth-order valence-electron chi connectivity index (χ4n) is 7.53. The second kappa shape index (κ2) is 9.56. The molecule has 1 aliphatic heterocycles. The standard InChI is InChI=1S/C44H26S/c1-2-7-27(8-3-1)34-20-15-29-18-23-38-35(21-16-30-17-22-37(34)43(29)44(30)38)33-12-4-11-31(25-33)32-19-24-40-39(26-32)36-13-5-9-28-10-6-14-41(45-40)42(28)36/h1-26H. The van der Waals surface area contributed by atoms with Gasteiger partial charge in [-0.15, -0.1) is 0 Å². The second-order valence-corrected chi connectivity index (χ2v) is 13.2. The maximum absolute atomic E-state index is 2.39. The summed E-state index contributed by atoms with van der Waals surface area (Å²) >= 11 is 1.88. The van der Waals surface area contributed by atoms with Gasteiger partial charge in [-0.05, 0) is 106 Å². The van der Waals surface area contributed by atoms with E-state index in [1.165, 1.54) is 97.4 Å². The zero-order chi connectivity index (χ0) is 29.5. The largest absolute Gasteiger partial charge is 0.0888 e. The molecular weight excluding hydrogens is 561 g/mol. The van der Waals surface area contributed by atoms with E-state index in [0.717, 1.165) is 0 Å². The predicted molar refractivity (Wildman–Crippen MR) is 194 cm³/mol. The van der Waals surface area contributed by atoms with Crippen LogP contribution in [0.2, 0.25) is 0 Å². The molecule has 0 atom stereocenters. The van der Waals surface area contributed by atoms with E-state index in [2.05, 4.69) is 158 Å². The summed E-state index contributed by atoms with van der Waals surface area (Å²) in [5, 5.41) is 10.6. The van der Waals surface area contributed by atoms with Crippen LogP contribution in [0.3, 0.4) is 0 Å². The first-order valence-electron chi connectivity index (χ1n) is 15.5. The Kier molecular flexibility index (Phi) is 5.31. The number of hydrogen-bond acceptors (Lipinski definition) is 1. The van der Waals surface area contributed by atoms with Gasteiger partial charge in [-0.25, -0.2) is 0 Å². The summed E-state index contributed by atoms with van der Waals surface area (Å²) in [6.07, 6.45) is 0. The minimum atomic E-state index is 1.24. The first-order valence-corrected chi connectivity index (χ1v) is 16.3. The fourth-order valence-corrected chi connectivity index (χ4v) is 8.66. The molecular formula is C44H26S. The molecule has 0 fully saturated rings. The highest BCUT2D eigenvalue weighted by Gasteiger charge is 2.20. The van der Waals surface area contributed by atoms with Crippen LogP contribution >= 0.6 is 11.8 Å². The molecule has 0 spiro atoms. The van der Waals surface area contributed by atoms with Crippen molar-refractivity contribution in [1.29, 1.82) is 0 Å². The Hall–Kier alpha value is -5.37. The molecule has 0 saturated carbocycles. The molecule has 0 nitrogen and oxygen atoms in total. The van der Waals surface area contributed by atoms with Gasteiger partial charge < -0.3 is 0 Å². The van der Waals surface area contributed by atoms with Gasteiger partial charge in [0.05, 0.1) is 0 Å². The average molecular weight is 587 g/mol. The van der Waals surface area contributed by atoms with Crippen LogP contribution in [0.15, 0.2) is 168 Å². The smallest absolute Gasteiger partial charge is 0.0207 e. The van der Waals surface area contributed by atoms with Crippen molar-refractivity contribution in [3.05, 3.63) is 158 Å². The van der Waals surface area contributed by atoms with Crippen molar-refractivity contribution in [3.63, 3.8) is 0 Å². The monoisotopic (exact) mass is 586 g/mol. The zero-order valence-corrected chi connectivity index (χ0v) is 25.2. The van der Waals surface area contributed by atoms with Crippen LogP contribution in [0.25, 0.3) is 87.6 Å². The first kappa shape index (κ1) is 25.0. The van der Waals surface area contributed by atoms with Crippen molar-refractivity contribution in [3.8, 4) is 44.5 Å². The van der Waals surface area contributed by atoms with Gasteiger partial charge in [-0.1, -0.05) is 145 Å². The molecule has 0 saturated heterocycles. The highest BCUT2D eigenvalue weighted by Crippen LogP contribution is 2.49. The normalized spacial score (nSPS) is 12.4. The van der Waals surface area contributed by atoms with E-state index in [9.17, 15) is 0 Å². The van der Waals surface area contributed by atoms with E-state index in [0.29, 0.717) is 0 Å². The minimum absolute atomic E-state index is 1.24. The summed E-state index contributed by atoms with van der Waals surface area (Å²) in [7, 11) is 0. The third-order valence-electron chi connectivity index (χ3n) is 9.61. The molecule has 1 aliphatic rings. The average Bonchev–Trinajstić information content (AvgIpc) is 3.11. The molecule has 0 aromatic heterocycles. The highest BCUT2D eigenvalue weighted by molar-refractivity contribution is 7.99. The number of hydrogen-bond donors (Lipinski definition) is 0. The Morgan fingerprint density at radius 3 is 1.67 bits per heavy atom. The molecule has 1 heterocycles. The van der Waals surface area contributed by atoms with E-state index in [-0.39, 0.29) is 0 Å². The van der Waals surface area contributed by atoms with Gasteiger partial charge in [0.25, 0.3) is 0 Å². The summed E-state index contributed by atoms with van der Waals surface area (Å²) in [6, 6.07) is 58.5. The lowest BCUT2D eigenvalue weighted by Gasteiger charge is -2.21. The van der Waals surface area contributed by atoms with E-state index in [1.54, 1.807) is 0 Å². The van der Waals surface area contributed by atoms with Crippen molar-refractivity contribution in [2.24, 2.45) is 0 Å². The van der Waals surface area contributed by atoms with Gasteiger partial charge >= 0.3 is 0 Å². The molecule has 0 radical (unpaired) electrons. The number of rotatable bonds is 3. The van der Waals surface area contributed by atoms with Crippen molar-refractivity contribution >= 4 is 54.9 Å². The minimum Gasteiger partial charge on any atom is -0.0888 e. The van der Waals surface area contributed by atoms with Crippen LogP contribution in [0, 0.1) is 0 Å². The summed E-state index contributed by atoms with van der Waals surface area (Å²) < 4.78 is 0. The lowest BCUT2D eigenvalue weighted by atomic mass is 9.87. The summed E-state index contributed by atoms with van der Waals surface area (Å²) in [5.74, 6) is 0. The molecule has 0 unspecified atom stereocenters. The lowest BCUT2D eigenvalue weighted by Crippen LogP contribution is -1.93. The molecule has 0 N–H and O–H groups in total. The van der Waals surface area contributed by atoms with Crippen molar-refractivity contribution in [1.82, 2.24) is 0 Å². The Bertz CT molecular complexity index is 2610. The maximum atomic E-state index is 2.39. The fraction of sp³-hybridized carbons (Fsp3) is 0. The number of benzene rings is 9. The molecule has 208 valence electrons. The van der Waals surface area contributed by atoms with Gasteiger partial charge in [0.15, 0.2) is 0 Å². The Morgan fingerprint density at radius 1 is 0.289 bits per heavy atom. The van der Waals surface area contributed by atoms with E-state index in [1.807, 2.05) is 11.8 Å².